The second kappa shape index (κ2) is 15.6. The van der Waals surface area contributed by atoms with Crippen molar-refractivity contribution >= 4 is 21.8 Å². The maximum Gasteiger partial charge on any atom is 0.269 e. The number of benzene rings is 6. The van der Waals surface area contributed by atoms with Gasteiger partial charge in [-0.2, -0.15) is 0 Å². The van der Waals surface area contributed by atoms with Crippen LogP contribution in [0.1, 0.15) is 103 Å². The first kappa shape index (κ1) is 41.6. The molecule has 0 radical (unpaired) electrons. The Kier molecular flexibility index (Phi) is 10.3. The highest BCUT2D eigenvalue weighted by Gasteiger charge is 2.30. The van der Waals surface area contributed by atoms with Crippen molar-refractivity contribution in [3.8, 4) is 28.7 Å². The summed E-state index contributed by atoms with van der Waals surface area (Å²) in [6.45, 7) is 22.8. The summed E-state index contributed by atoms with van der Waals surface area (Å²) in [5.41, 5.74) is 10.8. The van der Waals surface area contributed by atoms with E-state index in [4.69, 9.17) is 9.72 Å². The van der Waals surface area contributed by atoms with E-state index in [1.807, 2.05) is 12.3 Å². The molecule has 316 valence electrons. The zero-order valence-electron chi connectivity index (χ0n) is 38.4. The summed E-state index contributed by atoms with van der Waals surface area (Å²) in [7, 11) is 0. The van der Waals surface area contributed by atoms with Gasteiger partial charge in [-0.1, -0.05) is 166 Å². The van der Waals surface area contributed by atoms with Gasteiger partial charge >= 0.3 is 0 Å². The van der Waals surface area contributed by atoms with E-state index in [1.54, 1.807) is 0 Å². The monoisotopic (exact) mass is 826 g/mol. The molecule has 0 bridgehead atoms. The summed E-state index contributed by atoms with van der Waals surface area (Å²) in [6.07, 6.45) is 7.93. The highest BCUT2D eigenvalue weighted by Crippen LogP contribution is 2.43. The zero-order chi connectivity index (χ0) is 44.3. The van der Waals surface area contributed by atoms with Gasteiger partial charge in [0, 0.05) is 40.1 Å². The number of pyridine rings is 1. The summed E-state index contributed by atoms with van der Waals surface area (Å²) in [5, 5.41) is 2.42. The smallest absolute Gasteiger partial charge is 0.269 e. The molecule has 9 aromatic rings. The normalized spacial score (nSPS) is 12.6. The van der Waals surface area contributed by atoms with Gasteiger partial charge in [0.05, 0.1) is 28.1 Å². The molecule has 0 spiro atoms. The van der Waals surface area contributed by atoms with E-state index < -0.39 is 0 Å². The fraction of sp³-hybridized carbons (Fsp3) is 0.241. The first-order chi connectivity index (χ1) is 30.0. The molecular formula is C58H58N4O. The van der Waals surface area contributed by atoms with Gasteiger partial charge < -0.3 is 4.74 Å². The Morgan fingerprint density at radius 3 is 1.87 bits per heavy atom. The number of hydrogen-bond donors (Lipinski definition) is 0. The molecule has 0 aliphatic rings. The van der Waals surface area contributed by atoms with Crippen LogP contribution in [-0.4, -0.2) is 14.1 Å². The van der Waals surface area contributed by atoms with Gasteiger partial charge in [-0.05, 0) is 93.2 Å². The van der Waals surface area contributed by atoms with Crippen molar-refractivity contribution in [3.63, 3.8) is 0 Å². The summed E-state index contributed by atoms with van der Waals surface area (Å²) in [6, 6.07) is 56.2. The lowest BCUT2D eigenvalue weighted by atomic mass is 9.78. The number of nitrogens with zero attached hydrogens (tertiary/aromatic N) is 4. The quantitative estimate of drug-likeness (QED) is 0.107. The summed E-state index contributed by atoms with van der Waals surface area (Å²) in [4.78, 5) is 4.96. The Morgan fingerprint density at radius 2 is 1.17 bits per heavy atom. The van der Waals surface area contributed by atoms with E-state index in [0.717, 1.165) is 45.4 Å². The van der Waals surface area contributed by atoms with Crippen LogP contribution in [0.4, 0.5) is 0 Å². The van der Waals surface area contributed by atoms with Crippen LogP contribution in [0.3, 0.4) is 0 Å². The molecule has 0 atom stereocenters. The van der Waals surface area contributed by atoms with Gasteiger partial charge in [-0.15, -0.1) is 0 Å². The summed E-state index contributed by atoms with van der Waals surface area (Å²) < 4.78 is 13.6. The van der Waals surface area contributed by atoms with Crippen molar-refractivity contribution in [3.05, 3.63) is 210 Å². The van der Waals surface area contributed by atoms with Gasteiger partial charge in [0.25, 0.3) is 6.33 Å². The lowest BCUT2D eigenvalue weighted by Gasteiger charge is -2.29. The lowest BCUT2D eigenvalue weighted by molar-refractivity contribution is -0.611. The number of ether oxygens (including phenoxy) is 1. The zero-order valence-corrected chi connectivity index (χ0v) is 38.4. The minimum Gasteiger partial charge on any atom is -0.458 e. The maximum atomic E-state index is 6.94. The van der Waals surface area contributed by atoms with Crippen LogP contribution in [0.15, 0.2) is 170 Å². The minimum absolute atomic E-state index is 0.0237. The average molecular weight is 827 g/mol. The van der Waals surface area contributed by atoms with Crippen LogP contribution in [0.2, 0.25) is 0 Å². The molecule has 0 saturated carbocycles. The number of aromatic nitrogens is 4. The molecule has 5 nitrogen and oxygen atoms in total. The third kappa shape index (κ3) is 7.75. The highest BCUT2D eigenvalue weighted by atomic mass is 16.5. The molecule has 0 N–H and O–H groups in total. The van der Waals surface area contributed by atoms with Crippen molar-refractivity contribution in [2.75, 3.05) is 0 Å². The Labute approximate surface area is 373 Å². The molecule has 3 heterocycles. The van der Waals surface area contributed by atoms with Crippen molar-refractivity contribution in [2.24, 2.45) is 0 Å². The van der Waals surface area contributed by atoms with Crippen LogP contribution in [-0.2, 0) is 21.7 Å². The molecular weight excluding hydrogens is 769 g/mol. The van der Waals surface area contributed by atoms with Gasteiger partial charge in [-0.3, -0.25) is 13.7 Å². The van der Waals surface area contributed by atoms with E-state index in [1.165, 1.54) is 38.6 Å². The Morgan fingerprint density at radius 1 is 0.524 bits per heavy atom. The Bertz CT molecular complexity index is 3100. The molecule has 0 fully saturated rings. The van der Waals surface area contributed by atoms with Crippen molar-refractivity contribution in [2.45, 2.75) is 90.9 Å². The third-order valence-electron chi connectivity index (χ3n) is 12.9. The Hall–Kier alpha value is -6.72. The molecule has 0 saturated heterocycles. The number of imidazole rings is 1. The molecule has 0 aliphatic heterocycles. The molecule has 63 heavy (non-hydrogen) atoms. The molecule has 5 heteroatoms. The number of rotatable bonds is 9. The van der Waals surface area contributed by atoms with E-state index in [2.05, 4.69) is 247 Å². The van der Waals surface area contributed by atoms with E-state index >= 15 is 0 Å². The van der Waals surface area contributed by atoms with Crippen molar-refractivity contribution in [1.29, 1.82) is 0 Å². The lowest BCUT2D eigenvalue weighted by Crippen LogP contribution is -2.40. The van der Waals surface area contributed by atoms with Crippen LogP contribution < -0.4 is 9.30 Å². The second-order valence-corrected chi connectivity index (χ2v) is 20.1. The van der Waals surface area contributed by atoms with Crippen LogP contribution in [0.25, 0.3) is 39.0 Å². The largest absolute Gasteiger partial charge is 0.458 e. The number of hydrogen-bond acceptors (Lipinski definition) is 2. The van der Waals surface area contributed by atoms with Crippen LogP contribution >= 0.6 is 0 Å². The Balaban J connectivity index is 1.16. The molecule has 0 unspecified atom stereocenters. The third-order valence-corrected chi connectivity index (χ3v) is 12.9. The van der Waals surface area contributed by atoms with Gasteiger partial charge in [0.15, 0.2) is 0 Å². The average Bonchev–Trinajstić information content (AvgIpc) is 3.88. The van der Waals surface area contributed by atoms with Gasteiger partial charge in [-0.25, -0.2) is 4.98 Å². The predicted molar refractivity (Wildman–Crippen MR) is 259 cm³/mol. The van der Waals surface area contributed by atoms with E-state index in [0.29, 0.717) is 0 Å². The molecule has 0 amide bonds. The fourth-order valence-corrected chi connectivity index (χ4v) is 9.01. The minimum atomic E-state index is -0.347. The first-order valence-corrected chi connectivity index (χ1v) is 22.1. The number of fused-ring (bicyclic) bond motifs is 3. The van der Waals surface area contributed by atoms with Gasteiger partial charge in [0.1, 0.15) is 17.3 Å². The summed E-state index contributed by atoms with van der Waals surface area (Å²) >= 11 is 0. The second-order valence-electron chi connectivity index (χ2n) is 20.1. The SMILES string of the molecule is CC(C)(C)c1ccnc(-n2c3ccccc3c3c(C(C)(C)C)cc(Oc4cccc(-n5[c-][n+](-c6cccc(C(C)(C)c7ccccc7)c6)c(C(C)(C)c6ccccc6)c5)c4)cc32)c1. The predicted octanol–water partition coefficient (Wildman–Crippen LogP) is 14.1. The van der Waals surface area contributed by atoms with Crippen LogP contribution in [0.5, 0.6) is 11.5 Å². The first-order valence-electron chi connectivity index (χ1n) is 22.1. The molecule has 3 aromatic heterocycles. The highest BCUT2D eigenvalue weighted by molar-refractivity contribution is 6.11. The summed E-state index contributed by atoms with van der Waals surface area (Å²) in [5.74, 6) is 2.41. The van der Waals surface area contributed by atoms with E-state index in [9.17, 15) is 0 Å². The molecule has 6 aromatic carbocycles. The maximum absolute atomic E-state index is 6.94. The van der Waals surface area contributed by atoms with Gasteiger partial charge in [0.2, 0.25) is 0 Å². The molecule has 9 rings (SSSR count). The fourth-order valence-electron chi connectivity index (χ4n) is 9.01. The standard InChI is InChI=1S/C58H58N4O/c1-55(2,3)42-31-32-59-53(34-42)62-50-30-18-17-29-48(50)54-49(56(4,5)6)36-47(37-51(54)62)63-46-28-20-26-44(35-46)60-38-52(58(9,10)41-23-15-12-16-24-41)61(39-60)45-27-19-25-43(33-45)57(7,8)40-21-13-11-14-22-40/h11-38H,1-10H3. The van der Waals surface area contributed by atoms with E-state index in [-0.39, 0.29) is 21.7 Å². The van der Waals surface area contributed by atoms with Crippen LogP contribution in [0, 0.1) is 6.33 Å². The topological polar surface area (TPSA) is 35.9 Å². The van der Waals surface area contributed by atoms with Crippen molar-refractivity contribution in [1.82, 2.24) is 14.1 Å². The van der Waals surface area contributed by atoms with Crippen molar-refractivity contribution < 1.29 is 9.30 Å². The molecule has 0 aliphatic carbocycles. The number of para-hydroxylation sites is 1.